The maximum absolute atomic E-state index is 13.4. The van der Waals surface area contributed by atoms with Crippen molar-refractivity contribution in [1.82, 2.24) is 15.2 Å². The highest BCUT2D eigenvalue weighted by molar-refractivity contribution is 14.0. The molecule has 0 aliphatic heterocycles. The number of nitrogens with zero attached hydrogens (tertiary/aromatic N) is 2. The summed E-state index contributed by atoms with van der Waals surface area (Å²) in [5.41, 5.74) is 2.07. The van der Waals surface area contributed by atoms with E-state index in [9.17, 15) is 4.39 Å². The minimum Gasteiger partial charge on any atom is -0.361 e. The standard InChI is InChI=1S/C18H25FN4.HI/c1-4-5-6-11-23(3)18(20-2)21-10-9-14-13-22-17-8-7-15(19)12-16(14)17;/h4,7-8,12-13,22H,1,5-6,9-11H2,2-3H3,(H,20,21);1H. The predicted octanol–water partition coefficient (Wildman–Crippen LogP) is 3.94. The minimum absolute atomic E-state index is 0. The molecule has 2 N–H and O–H groups in total. The number of aromatic nitrogens is 1. The summed E-state index contributed by atoms with van der Waals surface area (Å²) < 4.78 is 13.4. The maximum atomic E-state index is 13.4. The SMILES string of the molecule is C=CCCCN(C)C(=NC)NCCc1c[nH]c2ccc(F)cc12.I. The molecule has 0 atom stereocenters. The molecule has 0 amide bonds. The van der Waals surface area contributed by atoms with E-state index in [2.05, 4.69) is 26.8 Å². The van der Waals surface area contributed by atoms with Crippen molar-refractivity contribution in [2.24, 2.45) is 4.99 Å². The molecule has 0 aliphatic rings. The van der Waals surface area contributed by atoms with Gasteiger partial charge in [-0.2, -0.15) is 0 Å². The van der Waals surface area contributed by atoms with Crippen LogP contribution in [0.5, 0.6) is 0 Å². The number of rotatable bonds is 7. The molecule has 1 aromatic heterocycles. The first-order chi connectivity index (χ1) is 11.2. The number of H-pyrrole nitrogens is 1. The lowest BCUT2D eigenvalue weighted by atomic mass is 10.1. The molecule has 0 unspecified atom stereocenters. The van der Waals surface area contributed by atoms with E-state index in [1.165, 1.54) is 6.07 Å². The van der Waals surface area contributed by atoms with Gasteiger partial charge in [0.25, 0.3) is 0 Å². The minimum atomic E-state index is -0.205. The summed E-state index contributed by atoms with van der Waals surface area (Å²) in [7, 11) is 3.81. The first kappa shape index (κ1) is 20.5. The molecule has 0 aliphatic carbocycles. The molecule has 6 heteroatoms. The summed E-state index contributed by atoms with van der Waals surface area (Å²) >= 11 is 0. The van der Waals surface area contributed by atoms with Gasteiger partial charge in [-0.15, -0.1) is 30.6 Å². The van der Waals surface area contributed by atoms with E-state index in [0.717, 1.165) is 54.8 Å². The quantitative estimate of drug-likeness (QED) is 0.223. The van der Waals surface area contributed by atoms with E-state index in [1.54, 1.807) is 19.2 Å². The number of aromatic amines is 1. The van der Waals surface area contributed by atoms with Gasteiger partial charge in [0.1, 0.15) is 5.82 Å². The molecule has 0 saturated heterocycles. The molecule has 2 rings (SSSR count). The largest absolute Gasteiger partial charge is 0.361 e. The summed E-state index contributed by atoms with van der Waals surface area (Å²) in [6.07, 6.45) is 6.75. The van der Waals surface area contributed by atoms with Crippen LogP contribution in [0.2, 0.25) is 0 Å². The maximum Gasteiger partial charge on any atom is 0.193 e. The van der Waals surface area contributed by atoms with Gasteiger partial charge in [0, 0.05) is 44.3 Å². The Balaban J connectivity index is 0.00000288. The third-order valence-electron chi connectivity index (χ3n) is 3.88. The Hall–Kier alpha value is -1.57. The molecular weight excluding hydrogens is 418 g/mol. The highest BCUT2D eigenvalue weighted by Gasteiger charge is 2.07. The summed E-state index contributed by atoms with van der Waals surface area (Å²) in [4.78, 5) is 9.59. The van der Waals surface area contributed by atoms with E-state index in [4.69, 9.17) is 0 Å². The van der Waals surface area contributed by atoms with Gasteiger partial charge in [-0.3, -0.25) is 4.99 Å². The fraction of sp³-hybridized carbons (Fsp3) is 0.389. The molecule has 0 fully saturated rings. The van der Waals surface area contributed by atoms with Crippen molar-refractivity contribution in [2.45, 2.75) is 19.3 Å². The summed E-state index contributed by atoms with van der Waals surface area (Å²) in [5, 5.41) is 4.30. The van der Waals surface area contributed by atoms with E-state index in [1.807, 2.05) is 19.3 Å². The van der Waals surface area contributed by atoms with Gasteiger partial charge in [-0.1, -0.05) is 6.08 Å². The van der Waals surface area contributed by atoms with Crippen molar-refractivity contribution in [3.05, 3.63) is 48.4 Å². The molecule has 1 aromatic carbocycles. The average molecular weight is 444 g/mol. The molecule has 1 heterocycles. The number of nitrogens with one attached hydrogen (secondary N) is 2. The Kier molecular flexibility index (Phi) is 8.81. The van der Waals surface area contributed by atoms with Crippen molar-refractivity contribution in [3.8, 4) is 0 Å². The lowest BCUT2D eigenvalue weighted by molar-refractivity contribution is 0.470. The second-order valence-electron chi connectivity index (χ2n) is 5.58. The molecule has 2 aromatic rings. The Bertz CT molecular complexity index is 681. The molecule has 4 nitrogen and oxygen atoms in total. The van der Waals surface area contributed by atoms with Crippen molar-refractivity contribution < 1.29 is 4.39 Å². The number of halogens is 2. The normalized spacial score (nSPS) is 11.2. The van der Waals surface area contributed by atoms with Gasteiger partial charge in [-0.05, 0) is 43.0 Å². The van der Waals surface area contributed by atoms with Crippen LogP contribution in [-0.2, 0) is 6.42 Å². The zero-order chi connectivity index (χ0) is 16.7. The highest BCUT2D eigenvalue weighted by Crippen LogP contribution is 2.19. The second kappa shape index (κ2) is 10.3. The Morgan fingerprint density at radius 3 is 2.96 bits per heavy atom. The highest BCUT2D eigenvalue weighted by atomic mass is 127. The number of hydrogen-bond acceptors (Lipinski definition) is 1. The molecular formula is C18H26FIN4. The molecule has 132 valence electrons. The summed E-state index contributed by atoms with van der Waals surface area (Å²) in [6, 6.07) is 4.83. The first-order valence-electron chi connectivity index (χ1n) is 7.94. The Labute approximate surface area is 160 Å². The van der Waals surface area contributed by atoms with Crippen LogP contribution < -0.4 is 5.32 Å². The zero-order valence-electron chi connectivity index (χ0n) is 14.3. The Morgan fingerprint density at radius 1 is 1.46 bits per heavy atom. The molecule has 0 spiro atoms. The van der Waals surface area contributed by atoms with Crippen molar-refractivity contribution in [3.63, 3.8) is 0 Å². The van der Waals surface area contributed by atoms with Gasteiger partial charge in [0.15, 0.2) is 5.96 Å². The van der Waals surface area contributed by atoms with Gasteiger partial charge in [-0.25, -0.2) is 4.39 Å². The molecule has 0 bridgehead atoms. The number of guanidine groups is 1. The van der Waals surface area contributed by atoms with Crippen LogP contribution in [0.15, 0.2) is 42.0 Å². The van der Waals surface area contributed by atoms with E-state index in [0.29, 0.717) is 0 Å². The number of allylic oxidation sites excluding steroid dienone is 1. The Morgan fingerprint density at radius 2 is 2.25 bits per heavy atom. The summed E-state index contributed by atoms with van der Waals surface area (Å²) in [6.45, 7) is 5.42. The monoisotopic (exact) mass is 444 g/mol. The molecule has 0 radical (unpaired) electrons. The summed E-state index contributed by atoms with van der Waals surface area (Å²) in [5.74, 6) is 0.671. The third-order valence-corrected chi connectivity index (χ3v) is 3.88. The van der Waals surface area contributed by atoms with Crippen LogP contribution in [0, 0.1) is 5.82 Å². The van der Waals surface area contributed by atoms with Crippen molar-refractivity contribution in [1.29, 1.82) is 0 Å². The van der Waals surface area contributed by atoms with Gasteiger partial charge in [0.2, 0.25) is 0 Å². The average Bonchev–Trinajstić information content (AvgIpc) is 2.94. The number of fused-ring (bicyclic) bond motifs is 1. The number of hydrogen-bond donors (Lipinski definition) is 2. The molecule has 0 saturated carbocycles. The zero-order valence-corrected chi connectivity index (χ0v) is 16.6. The third kappa shape index (κ3) is 5.51. The van der Waals surface area contributed by atoms with Crippen molar-refractivity contribution in [2.75, 3.05) is 27.2 Å². The van der Waals surface area contributed by atoms with E-state index >= 15 is 0 Å². The van der Waals surface area contributed by atoms with Crippen LogP contribution in [-0.4, -0.2) is 43.0 Å². The van der Waals surface area contributed by atoms with Crippen LogP contribution in [0.4, 0.5) is 4.39 Å². The number of aliphatic imine (C=N–C) groups is 1. The van der Waals surface area contributed by atoms with E-state index < -0.39 is 0 Å². The fourth-order valence-corrected chi connectivity index (χ4v) is 2.63. The van der Waals surface area contributed by atoms with Crippen LogP contribution in [0.3, 0.4) is 0 Å². The topological polar surface area (TPSA) is 43.4 Å². The lowest BCUT2D eigenvalue weighted by Crippen LogP contribution is -2.40. The smallest absolute Gasteiger partial charge is 0.193 e. The van der Waals surface area contributed by atoms with Gasteiger partial charge in [0.05, 0.1) is 0 Å². The van der Waals surface area contributed by atoms with Gasteiger partial charge >= 0.3 is 0 Å². The number of benzene rings is 1. The predicted molar refractivity (Wildman–Crippen MR) is 111 cm³/mol. The van der Waals surface area contributed by atoms with E-state index in [-0.39, 0.29) is 29.8 Å². The van der Waals surface area contributed by atoms with Crippen LogP contribution in [0.1, 0.15) is 18.4 Å². The van der Waals surface area contributed by atoms with Crippen LogP contribution in [0.25, 0.3) is 10.9 Å². The van der Waals surface area contributed by atoms with Crippen molar-refractivity contribution >= 4 is 40.8 Å². The van der Waals surface area contributed by atoms with Gasteiger partial charge < -0.3 is 15.2 Å². The van der Waals surface area contributed by atoms with Crippen LogP contribution >= 0.6 is 24.0 Å². The fourth-order valence-electron chi connectivity index (χ4n) is 2.63. The lowest BCUT2D eigenvalue weighted by Gasteiger charge is -2.21. The first-order valence-corrected chi connectivity index (χ1v) is 7.94. The molecule has 24 heavy (non-hydrogen) atoms. The number of unbranched alkanes of at least 4 members (excludes halogenated alkanes) is 1. The second-order valence-corrected chi connectivity index (χ2v) is 5.58.